The molecule has 1 aromatic heterocycles. The highest BCUT2D eigenvalue weighted by Crippen LogP contribution is 2.19. The minimum atomic E-state index is -0.347. The minimum Gasteiger partial charge on any atom is -0.460 e. The summed E-state index contributed by atoms with van der Waals surface area (Å²) in [7, 11) is 0. The minimum absolute atomic E-state index is 0.0374. The third-order valence-corrected chi connectivity index (χ3v) is 4.42. The summed E-state index contributed by atoms with van der Waals surface area (Å²) in [5.41, 5.74) is 3.80. The first-order chi connectivity index (χ1) is 12.1. The van der Waals surface area contributed by atoms with Crippen molar-refractivity contribution in [2.24, 2.45) is 0 Å². The van der Waals surface area contributed by atoms with Gasteiger partial charge in [0.1, 0.15) is 6.61 Å². The van der Waals surface area contributed by atoms with E-state index in [1.807, 2.05) is 48.9 Å². The van der Waals surface area contributed by atoms with E-state index in [0.29, 0.717) is 6.61 Å². The second kappa shape index (κ2) is 8.12. The SMILES string of the molecule is Cc1nn(-c2ccccc2)c(C)c1C=CC(=O)OCC1CCCCO1. The van der Waals surface area contributed by atoms with Crippen molar-refractivity contribution in [1.29, 1.82) is 0 Å². The van der Waals surface area contributed by atoms with Crippen molar-refractivity contribution < 1.29 is 14.3 Å². The molecule has 0 spiro atoms. The number of hydrogen-bond acceptors (Lipinski definition) is 4. The Labute approximate surface area is 148 Å². The number of hydrogen-bond donors (Lipinski definition) is 0. The summed E-state index contributed by atoms with van der Waals surface area (Å²) in [5, 5.41) is 4.57. The van der Waals surface area contributed by atoms with Crippen LogP contribution in [-0.2, 0) is 14.3 Å². The molecule has 0 aliphatic carbocycles. The maximum atomic E-state index is 12.0. The van der Waals surface area contributed by atoms with E-state index >= 15 is 0 Å². The number of para-hydroxylation sites is 1. The van der Waals surface area contributed by atoms with Crippen molar-refractivity contribution in [3.8, 4) is 5.69 Å². The lowest BCUT2D eigenvalue weighted by molar-refractivity contribution is -0.143. The molecule has 1 fully saturated rings. The fourth-order valence-corrected chi connectivity index (χ4v) is 3.03. The third-order valence-electron chi connectivity index (χ3n) is 4.42. The van der Waals surface area contributed by atoms with Gasteiger partial charge in [-0.15, -0.1) is 0 Å². The van der Waals surface area contributed by atoms with Gasteiger partial charge in [-0.05, 0) is 51.3 Å². The average Bonchev–Trinajstić information content (AvgIpc) is 2.94. The molecule has 0 radical (unpaired) electrons. The van der Waals surface area contributed by atoms with Crippen LogP contribution < -0.4 is 0 Å². The van der Waals surface area contributed by atoms with Gasteiger partial charge in [0.25, 0.3) is 0 Å². The highest BCUT2D eigenvalue weighted by atomic mass is 16.6. The lowest BCUT2D eigenvalue weighted by atomic mass is 10.1. The quantitative estimate of drug-likeness (QED) is 0.616. The highest BCUT2D eigenvalue weighted by Gasteiger charge is 2.15. The largest absolute Gasteiger partial charge is 0.460 e. The molecule has 0 amide bonds. The van der Waals surface area contributed by atoms with Crippen molar-refractivity contribution in [2.75, 3.05) is 13.2 Å². The predicted molar refractivity (Wildman–Crippen MR) is 96.6 cm³/mol. The first kappa shape index (κ1) is 17.4. The maximum Gasteiger partial charge on any atom is 0.330 e. The van der Waals surface area contributed by atoms with Crippen LogP contribution in [0.3, 0.4) is 0 Å². The molecular formula is C20H24N2O3. The number of carbonyl (C=O) groups is 1. The van der Waals surface area contributed by atoms with E-state index < -0.39 is 0 Å². The molecular weight excluding hydrogens is 316 g/mol. The molecule has 2 heterocycles. The number of aryl methyl sites for hydroxylation is 1. The normalized spacial score (nSPS) is 17.8. The Balaban J connectivity index is 1.65. The van der Waals surface area contributed by atoms with Gasteiger partial charge < -0.3 is 9.47 Å². The van der Waals surface area contributed by atoms with Crippen LogP contribution in [0.15, 0.2) is 36.4 Å². The summed E-state index contributed by atoms with van der Waals surface area (Å²) >= 11 is 0. The second-order valence-electron chi connectivity index (χ2n) is 6.28. The first-order valence-corrected chi connectivity index (χ1v) is 8.73. The molecule has 1 aliphatic heterocycles. The van der Waals surface area contributed by atoms with Crippen LogP contribution in [0.4, 0.5) is 0 Å². The van der Waals surface area contributed by atoms with Crippen LogP contribution in [0, 0.1) is 13.8 Å². The number of esters is 1. The Morgan fingerprint density at radius 2 is 2.12 bits per heavy atom. The smallest absolute Gasteiger partial charge is 0.330 e. The second-order valence-corrected chi connectivity index (χ2v) is 6.28. The van der Waals surface area contributed by atoms with Gasteiger partial charge in [-0.1, -0.05) is 18.2 Å². The van der Waals surface area contributed by atoms with Crippen molar-refractivity contribution in [3.05, 3.63) is 53.4 Å². The van der Waals surface area contributed by atoms with E-state index in [9.17, 15) is 4.79 Å². The van der Waals surface area contributed by atoms with Gasteiger partial charge in [-0.3, -0.25) is 0 Å². The van der Waals surface area contributed by atoms with Gasteiger partial charge in [0, 0.05) is 23.9 Å². The van der Waals surface area contributed by atoms with E-state index in [4.69, 9.17) is 9.47 Å². The van der Waals surface area contributed by atoms with Crippen LogP contribution in [0.5, 0.6) is 0 Å². The topological polar surface area (TPSA) is 53.4 Å². The zero-order valence-electron chi connectivity index (χ0n) is 14.8. The van der Waals surface area contributed by atoms with Crippen LogP contribution in [0.2, 0.25) is 0 Å². The number of nitrogens with zero attached hydrogens (tertiary/aromatic N) is 2. The van der Waals surface area contributed by atoms with Crippen LogP contribution in [-0.4, -0.2) is 35.1 Å². The summed E-state index contributed by atoms with van der Waals surface area (Å²) in [6.07, 6.45) is 6.47. The number of ether oxygens (including phenoxy) is 2. The fourth-order valence-electron chi connectivity index (χ4n) is 3.03. The zero-order valence-corrected chi connectivity index (χ0v) is 14.8. The highest BCUT2D eigenvalue weighted by molar-refractivity contribution is 5.87. The number of aromatic nitrogens is 2. The van der Waals surface area contributed by atoms with Gasteiger partial charge in [0.05, 0.1) is 17.5 Å². The summed E-state index contributed by atoms with van der Waals surface area (Å²) in [5.74, 6) is -0.347. The standard InChI is InChI=1S/C20H24N2O3/c1-15-19(16(2)22(21-15)17-8-4-3-5-9-17)11-12-20(23)25-14-18-10-6-7-13-24-18/h3-5,8-9,11-12,18H,6-7,10,13-14H2,1-2H3. The van der Waals surface area contributed by atoms with Gasteiger partial charge in [0.2, 0.25) is 0 Å². The molecule has 1 aliphatic rings. The van der Waals surface area contributed by atoms with Crippen molar-refractivity contribution >= 4 is 12.0 Å². The Bertz CT molecular complexity index is 744. The lowest BCUT2D eigenvalue weighted by Crippen LogP contribution is -2.25. The molecule has 5 nitrogen and oxygen atoms in total. The predicted octanol–water partition coefficient (Wildman–Crippen LogP) is 3.61. The number of carbonyl (C=O) groups excluding carboxylic acids is 1. The molecule has 0 N–H and O–H groups in total. The number of benzene rings is 1. The molecule has 25 heavy (non-hydrogen) atoms. The molecule has 1 saturated heterocycles. The van der Waals surface area contributed by atoms with E-state index in [1.165, 1.54) is 6.08 Å². The van der Waals surface area contributed by atoms with Gasteiger partial charge in [0.15, 0.2) is 0 Å². The molecule has 1 aromatic carbocycles. The van der Waals surface area contributed by atoms with E-state index in [1.54, 1.807) is 6.08 Å². The average molecular weight is 340 g/mol. The van der Waals surface area contributed by atoms with Crippen molar-refractivity contribution in [3.63, 3.8) is 0 Å². The summed E-state index contributed by atoms with van der Waals surface area (Å²) < 4.78 is 12.7. The first-order valence-electron chi connectivity index (χ1n) is 8.73. The third kappa shape index (κ3) is 4.37. The van der Waals surface area contributed by atoms with Crippen LogP contribution in [0.25, 0.3) is 11.8 Å². The van der Waals surface area contributed by atoms with Gasteiger partial charge in [-0.25, -0.2) is 9.48 Å². The fraction of sp³-hybridized carbons (Fsp3) is 0.400. The molecule has 132 valence electrons. The van der Waals surface area contributed by atoms with Gasteiger partial charge in [-0.2, -0.15) is 5.10 Å². The Hall–Kier alpha value is -2.40. The van der Waals surface area contributed by atoms with Crippen molar-refractivity contribution in [2.45, 2.75) is 39.2 Å². The Morgan fingerprint density at radius 1 is 1.32 bits per heavy atom. The summed E-state index contributed by atoms with van der Waals surface area (Å²) in [4.78, 5) is 12.0. The van der Waals surface area contributed by atoms with Crippen molar-refractivity contribution in [1.82, 2.24) is 9.78 Å². The van der Waals surface area contributed by atoms with Gasteiger partial charge >= 0.3 is 5.97 Å². The molecule has 3 rings (SSSR count). The number of rotatable bonds is 5. The van der Waals surface area contributed by atoms with E-state index in [0.717, 1.165) is 48.5 Å². The van der Waals surface area contributed by atoms with Crippen LogP contribution in [0.1, 0.15) is 36.2 Å². The monoisotopic (exact) mass is 340 g/mol. The molecule has 1 atom stereocenters. The molecule has 1 unspecified atom stereocenters. The lowest BCUT2D eigenvalue weighted by Gasteiger charge is -2.21. The molecule has 5 heteroatoms. The zero-order chi connectivity index (χ0) is 17.6. The molecule has 0 saturated carbocycles. The summed E-state index contributed by atoms with van der Waals surface area (Å²) in [6.45, 7) is 5.01. The molecule has 0 bridgehead atoms. The van der Waals surface area contributed by atoms with E-state index in [-0.39, 0.29) is 12.1 Å². The van der Waals surface area contributed by atoms with E-state index in [2.05, 4.69) is 5.10 Å². The maximum absolute atomic E-state index is 12.0. The molecule has 2 aromatic rings. The van der Waals surface area contributed by atoms with Crippen LogP contribution >= 0.6 is 0 Å². The Kier molecular flexibility index (Phi) is 5.66. The Morgan fingerprint density at radius 3 is 2.84 bits per heavy atom. The summed E-state index contributed by atoms with van der Waals surface area (Å²) in [6, 6.07) is 9.94.